The molecule has 0 bridgehead atoms. The molecule has 0 spiro atoms. The number of rotatable bonds is 8. The highest BCUT2D eigenvalue weighted by atomic mass is 35.5. The van der Waals surface area contributed by atoms with Crippen molar-refractivity contribution in [3.63, 3.8) is 0 Å². The van der Waals surface area contributed by atoms with Crippen LogP contribution in [0.15, 0.2) is 12.1 Å². The predicted octanol–water partition coefficient (Wildman–Crippen LogP) is 2.30. The zero-order valence-corrected chi connectivity index (χ0v) is 18.4. The summed E-state index contributed by atoms with van der Waals surface area (Å²) in [6.07, 6.45) is 1.61. The molecule has 0 aliphatic carbocycles. The molecular weight excluding hydrogens is 382 g/mol. The van der Waals surface area contributed by atoms with E-state index in [0.29, 0.717) is 36.8 Å². The number of nitrogens with two attached hydrogens (primary N) is 1. The van der Waals surface area contributed by atoms with Crippen molar-refractivity contribution in [2.75, 3.05) is 47.5 Å². The van der Waals surface area contributed by atoms with Crippen molar-refractivity contribution < 1.29 is 19.0 Å². The van der Waals surface area contributed by atoms with Gasteiger partial charge in [0.2, 0.25) is 11.7 Å². The number of piperazine rings is 1. The first kappa shape index (κ1) is 24.3. The van der Waals surface area contributed by atoms with E-state index in [9.17, 15) is 4.79 Å². The van der Waals surface area contributed by atoms with E-state index in [1.165, 1.54) is 0 Å². The highest BCUT2D eigenvalue weighted by Gasteiger charge is 2.33. The second-order valence-electron chi connectivity index (χ2n) is 7.27. The van der Waals surface area contributed by atoms with Gasteiger partial charge in [0.05, 0.1) is 26.9 Å². The van der Waals surface area contributed by atoms with E-state index < -0.39 is 5.54 Å². The number of carbonyl (C=O) groups is 1. The zero-order chi connectivity index (χ0) is 20.0. The number of hydrogen-bond acceptors (Lipinski definition) is 6. The molecule has 1 unspecified atom stereocenters. The smallest absolute Gasteiger partial charge is 0.242 e. The molecule has 1 atom stereocenters. The largest absolute Gasteiger partial charge is 0.493 e. The Balaban J connectivity index is 0.00000392. The van der Waals surface area contributed by atoms with Crippen LogP contribution in [-0.2, 0) is 11.3 Å². The van der Waals surface area contributed by atoms with Gasteiger partial charge in [-0.25, -0.2) is 0 Å². The third-order valence-corrected chi connectivity index (χ3v) is 5.05. The lowest BCUT2D eigenvalue weighted by molar-refractivity contribution is -0.138. The Hall–Kier alpha value is -1.70. The molecule has 1 aromatic rings. The van der Waals surface area contributed by atoms with Crippen LogP contribution >= 0.6 is 12.4 Å². The number of ether oxygens (including phenoxy) is 3. The summed E-state index contributed by atoms with van der Waals surface area (Å²) >= 11 is 0. The fraction of sp³-hybridized carbons (Fsp3) is 0.650. The lowest BCUT2D eigenvalue weighted by Gasteiger charge is -2.38. The van der Waals surface area contributed by atoms with Crippen molar-refractivity contribution in [2.24, 2.45) is 5.73 Å². The number of halogens is 1. The monoisotopic (exact) mass is 415 g/mol. The van der Waals surface area contributed by atoms with Crippen LogP contribution in [0.1, 0.15) is 32.3 Å². The van der Waals surface area contributed by atoms with Crippen LogP contribution in [0.4, 0.5) is 0 Å². The first-order valence-electron chi connectivity index (χ1n) is 9.45. The summed E-state index contributed by atoms with van der Waals surface area (Å²) in [5.41, 5.74) is 6.52. The van der Waals surface area contributed by atoms with Gasteiger partial charge in [-0.05, 0) is 31.0 Å². The molecule has 2 N–H and O–H groups in total. The Morgan fingerprint density at radius 3 is 2.04 bits per heavy atom. The van der Waals surface area contributed by atoms with E-state index in [0.717, 1.165) is 31.6 Å². The summed E-state index contributed by atoms with van der Waals surface area (Å²) in [4.78, 5) is 16.9. The lowest BCUT2D eigenvalue weighted by Crippen LogP contribution is -2.58. The number of methoxy groups -OCH3 is 3. The van der Waals surface area contributed by atoms with Gasteiger partial charge in [-0.15, -0.1) is 12.4 Å². The number of carbonyl (C=O) groups excluding carboxylic acids is 1. The highest BCUT2D eigenvalue weighted by molar-refractivity contribution is 5.86. The number of nitrogens with zero attached hydrogens (tertiary/aromatic N) is 2. The van der Waals surface area contributed by atoms with Gasteiger partial charge in [0.15, 0.2) is 11.5 Å². The van der Waals surface area contributed by atoms with Gasteiger partial charge in [0.25, 0.3) is 0 Å². The van der Waals surface area contributed by atoms with Crippen LogP contribution in [0, 0.1) is 0 Å². The number of benzene rings is 1. The zero-order valence-electron chi connectivity index (χ0n) is 17.6. The second kappa shape index (κ2) is 10.7. The first-order valence-corrected chi connectivity index (χ1v) is 9.45. The average Bonchev–Trinajstić information content (AvgIpc) is 2.67. The molecule has 0 radical (unpaired) electrons. The van der Waals surface area contributed by atoms with Gasteiger partial charge in [-0.1, -0.05) is 13.3 Å². The van der Waals surface area contributed by atoms with E-state index in [2.05, 4.69) is 4.90 Å². The third kappa shape index (κ3) is 5.65. The molecule has 28 heavy (non-hydrogen) atoms. The Bertz CT molecular complexity index is 621. The van der Waals surface area contributed by atoms with Gasteiger partial charge >= 0.3 is 0 Å². The minimum absolute atomic E-state index is 0. The fourth-order valence-electron chi connectivity index (χ4n) is 3.58. The molecule has 1 aliphatic heterocycles. The Kier molecular flexibility index (Phi) is 9.33. The molecule has 0 aromatic heterocycles. The maximum Gasteiger partial charge on any atom is 0.242 e. The van der Waals surface area contributed by atoms with Crippen LogP contribution in [-0.4, -0.2) is 68.8 Å². The minimum atomic E-state index is -0.770. The summed E-state index contributed by atoms with van der Waals surface area (Å²) in [7, 11) is 4.83. The van der Waals surface area contributed by atoms with E-state index in [1.54, 1.807) is 21.3 Å². The van der Waals surface area contributed by atoms with Gasteiger partial charge in [-0.2, -0.15) is 0 Å². The van der Waals surface area contributed by atoms with Crippen LogP contribution in [0.5, 0.6) is 17.2 Å². The second-order valence-corrected chi connectivity index (χ2v) is 7.27. The molecule has 7 nitrogen and oxygen atoms in total. The van der Waals surface area contributed by atoms with Gasteiger partial charge in [0, 0.05) is 32.7 Å². The molecule has 160 valence electrons. The molecule has 8 heteroatoms. The van der Waals surface area contributed by atoms with E-state index in [4.69, 9.17) is 19.9 Å². The van der Waals surface area contributed by atoms with Crippen molar-refractivity contribution in [1.29, 1.82) is 0 Å². The molecule has 1 aliphatic rings. The van der Waals surface area contributed by atoms with Gasteiger partial charge in [-0.3, -0.25) is 9.69 Å². The molecule has 1 heterocycles. The summed E-state index contributed by atoms with van der Waals surface area (Å²) in [6, 6.07) is 3.94. The molecule has 2 rings (SSSR count). The molecule has 1 saturated heterocycles. The normalized spacial score (nSPS) is 16.7. The van der Waals surface area contributed by atoms with Crippen LogP contribution in [0.3, 0.4) is 0 Å². The maximum absolute atomic E-state index is 12.6. The van der Waals surface area contributed by atoms with E-state index in [-0.39, 0.29) is 18.3 Å². The number of hydrogen-bond donors (Lipinski definition) is 1. The topological polar surface area (TPSA) is 77.3 Å². The standard InChI is InChI=1S/C20H33N3O4.ClH/c1-6-7-20(2,21)19(24)23-10-8-22(9-11-23)14-15-12-16(25-3)18(27-5)17(13-15)26-4;/h12-13H,6-11,14,21H2,1-5H3;1H. The Morgan fingerprint density at radius 2 is 1.61 bits per heavy atom. The number of amides is 1. The summed E-state index contributed by atoms with van der Waals surface area (Å²) in [5, 5.41) is 0. The summed E-state index contributed by atoms with van der Waals surface area (Å²) < 4.78 is 16.2. The van der Waals surface area contributed by atoms with Gasteiger partial charge < -0.3 is 24.8 Å². The van der Waals surface area contributed by atoms with Crippen molar-refractivity contribution >= 4 is 18.3 Å². The lowest BCUT2D eigenvalue weighted by atomic mass is 9.95. The SMILES string of the molecule is CCCC(C)(N)C(=O)N1CCN(Cc2cc(OC)c(OC)c(OC)c2)CC1.Cl. The van der Waals surface area contributed by atoms with Crippen LogP contribution in [0.25, 0.3) is 0 Å². The van der Waals surface area contributed by atoms with Crippen molar-refractivity contribution in [3.8, 4) is 17.2 Å². The van der Waals surface area contributed by atoms with Crippen molar-refractivity contribution in [1.82, 2.24) is 9.80 Å². The predicted molar refractivity (Wildman–Crippen MR) is 113 cm³/mol. The van der Waals surface area contributed by atoms with E-state index >= 15 is 0 Å². The first-order chi connectivity index (χ1) is 12.9. The quantitative estimate of drug-likeness (QED) is 0.702. The molecule has 1 amide bonds. The Labute approximate surface area is 174 Å². The summed E-state index contributed by atoms with van der Waals surface area (Å²) in [6.45, 7) is 7.65. The molecule has 1 fully saturated rings. The van der Waals surface area contributed by atoms with Crippen LogP contribution in [0.2, 0.25) is 0 Å². The molecular formula is C20H34ClN3O4. The maximum atomic E-state index is 12.6. The van der Waals surface area contributed by atoms with Gasteiger partial charge in [0.1, 0.15) is 0 Å². The minimum Gasteiger partial charge on any atom is -0.493 e. The molecule has 1 aromatic carbocycles. The van der Waals surface area contributed by atoms with Crippen molar-refractivity contribution in [2.45, 2.75) is 38.8 Å². The molecule has 0 saturated carbocycles. The fourth-order valence-corrected chi connectivity index (χ4v) is 3.58. The van der Waals surface area contributed by atoms with E-state index in [1.807, 2.05) is 30.9 Å². The third-order valence-electron chi connectivity index (χ3n) is 5.05. The Morgan fingerprint density at radius 1 is 1.07 bits per heavy atom. The summed E-state index contributed by atoms with van der Waals surface area (Å²) in [5.74, 6) is 1.95. The average molecular weight is 416 g/mol. The van der Waals surface area contributed by atoms with Crippen molar-refractivity contribution in [3.05, 3.63) is 17.7 Å². The highest BCUT2D eigenvalue weighted by Crippen LogP contribution is 2.38. The van der Waals surface area contributed by atoms with Crippen LogP contribution < -0.4 is 19.9 Å².